The monoisotopic (exact) mass is 604 g/mol. The third kappa shape index (κ3) is 3.86. The maximum absolute atomic E-state index is 11.9. The van der Waals surface area contributed by atoms with Crippen LogP contribution in [0.4, 0.5) is 0 Å². The smallest absolute Gasteiger partial charge is 0.303 e. The standard InChI is InChI=1S/C35H54O8.H2/c1-19(36)41-31(4,5)29-24-8-10-26-32(6)13-14-33-18-34(33)12-11-27(40-28-15-22(37)23(38)17-39-28)30(2,3)25(34)9-7-20(33)21(32)16-35(26,42-24)43-29;/h20-29,37-38H,7-18H2,1-6H3;1H. The molecule has 3 saturated heterocycles. The number of carbonyl (C=O) groups excluding carboxylic acids is 1. The molecule has 3 aliphatic heterocycles. The second-order valence-electron chi connectivity index (χ2n) is 17.5. The van der Waals surface area contributed by atoms with Gasteiger partial charge in [0.2, 0.25) is 0 Å². The number of aliphatic hydroxyl groups excluding tert-OH is 2. The molecule has 8 heteroatoms. The molecule has 3 spiro atoms. The van der Waals surface area contributed by atoms with Gasteiger partial charge in [-0.05, 0) is 111 Å². The van der Waals surface area contributed by atoms with Gasteiger partial charge in [0.1, 0.15) is 17.8 Å². The summed E-state index contributed by atoms with van der Waals surface area (Å²) >= 11 is 0. The Kier molecular flexibility index (Phi) is 6.33. The molecule has 14 atom stereocenters. The van der Waals surface area contributed by atoms with Gasteiger partial charge >= 0.3 is 5.97 Å². The molecular formula is C35H56O8. The molecule has 0 amide bonds. The van der Waals surface area contributed by atoms with Crippen LogP contribution >= 0.6 is 0 Å². The summed E-state index contributed by atoms with van der Waals surface area (Å²) in [6.45, 7) is 13.0. The Labute approximate surface area is 258 Å². The van der Waals surface area contributed by atoms with Crippen molar-refractivity contribution in [3.63, 3.8) is 0 Å². The number of hydrogen-bond donors (Lipinski definition) is 2. The highest BCUT2D eigenvalue weighted by Gasteiger charge is 2.82. The zero-order chi connectivity index (χ0) is 30.4. The van der Waals surface area contributed by atoms with Crippen LogP contribution in [0, 0.1) is 45.3 Å². The fraction of sp³-hybridized carbons (Fsp3) is 0.971. The SMILES string of the molecule is CC(=O)OC(C)(C)C1OC23CC4C5CCC6C(C)(C)C(OC7CC(O)C(O)CO7)CCC67CC57CCC4(C)C2CCC1O3.[HH]. The number of rotatable bonds is 4. The molecule has 0 aromatic rings. The van der Waals surface area contributed by atoms with Crippen molar-refractivity contribution in [3.05, 3.63) is 0 Å². The Morgan fingerprint density at radius 2 is 1.67 bits per heavy atom. The Morgan fingerprint density at radius 3 is 2.42 bits per heavy atom. The van der Waals surface area contributed by atoms with E-state index in [4.69, 9.17) is 23.7 Å². The Balaban J connectivity index is 0.00000312. The molecule has 8 aliphatic rings. The van der Waals surface area contributed by atoms with Gasteiger partial charge in [-0.3, -0.25) is 4.79 Å². The van der Waals surface area contributed by atoms with E-state index in [9.17, 15) is 15.0 Å². The molecule has 0 aromatic carbocycles. The third-order valence-electron chi connectivity index (χ3n) is 15.0. The molecule has 14 unspecified atom stereocenters. The zero-order valence-corrected chi connectivity index (χ0v) is 27.1. The van der Waals surface area contributed by atoms with Crippen LogP contribution < -0.4 is 0 Å². The minimum atomic E-state index is -0.822. The van der Waals surface area contributed by atoms with E-state index in [1.165, 1.54) is 45.4 Å². The summed E-state index contributed by atoms with van der Waals surface area (Å²) in [5.41, 5.74) is 0.353. The first-order valence-corrected chi connectivity index (χ1v) is 17.4. The van der Waals surface area contributed by atoms with E-state index >= 15 is 0 Å². The van der Waals surface area contributed by atoms with E-state index in [0.29, 0.717) is 40.9 Å². The number of carbonyl (C=O) groups is 1. The van der Waals surface area contributed by atoms with Crippen molar-refractivity contribution >= 4 is 5.97 Å². The summed E-state index contributed by atoms with van der Waals surface area (Å²) in [4.78, 5) is 11.9. The van der Waals surface area contributed by atoms with Gasteiger partial charge in [-0.25, -0.2) is 0 Å². The topological polar surface area (TPSA) is 104 Å². The Morgan fingerprint density at radius 1 is 0.907 bits per heavy atom. The predicted octanol–water partition coefficient (Wildman–Crippen LogP) is 5.36. The molecule has 8 fully saturated rings. The summed E-state index contributed by atoms with van der Waals surface area (Å²) in [5, 5.41) is 20.1. The molecule has 43 heavy (non-hydrogen) atoms. The highest BCUT2D eigenvalue weighted by atomic mass is 16.8. The Bertz CT molecular complexity index is 1180. The third-order valence-corrected chi connectivity index (χ3v) is 15.0. The van der Waals surface area contributed by atoms with Gasteiger partial charge in [0.15, 0.2) is 12.1 Å². The van der Waals surface area contributed by atoms with Crippen molar-refractivity contribution in [2.75, 3.05) is 6.61 Å². The molecular weight excluding hydrogens is 548 g/mol. The molecule has 8 rings (SSSR count). The van der Waals surface area contributed by atoms with Gasteiger partial charge in [-0.15, -0.1) is 0 Å². The average molecular weight is 605 g/mol. The van der Waals surface area contributed by atoms with Crippen LogP contribution in [0.2, 0.25) is 0 Å². The van der Waals surface area contributed by atoms with E-state index in [1.54, 1.807) is 0 Å². The van der Waals surface area contributed by atoms with Crippen LogP contribution in [-0.2, 0) is 28.5 Å². The van der Waals surface area contributed by atoms with Gasteiger partial charge in [-0.2, -0.15) is 0 Å². The molecule has 8 nitrogen and oxygen atoms in total. The minimum absolute atomic E-state index is 0. The normalized spacial score (nSPS) is 56.2. The first kappa shape index (κ1) is 29.6. The number of fused-ring (bicyclic) bond motifs is 4. The highest BCUT2D eigenvalue weighted by molar-refractivity contribution is 5.66. The maximum atomic E-state index is 11.9. The van der Waals surface area contributed by atoms with E-state index in [0.717, 1.165) is 25.7 Å². The average Bonchev–Trinajstić information content (AvgIpc) is 3.40. The summed E-state index contributed by atoms with van der Waals surface area (Å²) in [7, 11) is 0. The van der Waals surface area contributed by atoms with Crippen LogP contribution in [0.5, 0.6) is 0 Å². The molecule has 2 bridgehead atoms. The first-order valence-electron chi connectivity index (χ1n) is 17.4. The van der Waals surface area contributed by atoms with Gasteiger partial charge < -0.3 is 33.9 Å². The number of ether oxygens (including phenoxy) is 5. The maximum Gasteiger partial charge on any atom is 0.303 e. The summed E-state index contributed by atoms with van der Waals surface area (Å²) in [6.07, 6.45) is 9.91. The minimum Gasteiger partial charge on any atom is -0.457 e. The fourth-order valence-electron chi connectivity index (χ4n) is 13.2. The van der Waals surface area contributed by atoms with E-state index < -0.39 is 29.9 Å². The fourth-order valence-corrected chi connectivity index (χ4v) is 13.2. The van der Waals surface area contributed by atoms with Gasteiger partial charge in [-0.1, -0.05) is 20.8 Å². The van der Waals surface area contributed by atoms with Crippen LogP contribution in [0.1, 0.15) is 114 Å². The lowest BCUT2D eigenvalue weighted by atomic mass is 9.46. The lowest BCUT2D eigenvalue weighted by molar-refractivity contribution is -0.264. The van der Waals surface area contributed by atoms with Crippen molar-refractivity contribution < 1.29 is 40.1 Å². The molecule has 0 aromatic heterocycles. The van der Waals surface area contributed by atoms with Crippen molar-refractivity contribution in [2.45, 2.75) is 160 Å². The van der Waals surface area contributed by atoms with Gasteiger partial charge in [0, 0.05) is 27.1 Å². The second-order valence-corrected chi connectivity index (χ2v) is 17.5. The van der Waals surface area contributed by atoms with Crippen LogP contribution in [0.15, 0.2) is 0 Å². The quantitative estimate of drug-likeness (QED) is 0.327. The lowest BCUT2D eigenvalue weighted by Gasteiger charge is -2.59. The molecule has 5 saturated carbocycles. The number of esters is 1. The molecule has 0 radical (unpaired) electrons. The molecule has 5 aliphatic carbocycles. The van der Waals surface area contributed by atoms with Gasteiger partial charge in [0.05, 0.1) is 24.9 Å². The van der Waals surface area contributed by atoms with Crippen LogP contribution in [0.25, 0.3) is 0 Å². The van der Waals surface area contributed by atoms with E-state index in [2.05, 4.69) is 20.8 Å². The summed E-state index contributed by atoms with van der Waals surface area (Å²) in [5.74, 6) is 1.52. The van der Waals surface area contributed by atoms with E-state index in [-0.39, 0.29) is 43.1 Å². The number of hydrogen-bond acceptors (Lipinski definition) is 8. The molecule has 2 N–H and O–H groups in total. The largest absolute Gasteiger partial charge is 0.457 e. The van der Waals surface area contributed by atoms with Crippen molar-refractivity contribution in [1.29, 1.82) is 0 Å². The van der Waals surface area contributed by atoms with Crippen molar-refractivity contribution in [3.8, 4) is 0 Å². The molecule has 244 valence electrons. The van der Waals surface area contributed by atoms with Crippen molar-refractivity contribution in [2.24, 2.45) is 45.3 Å². The predicted molar refractivity (Wildman–Crippen MR) is 159 cm³/mol. The van der Waals surface area contributed by atoms with Crippen molar-refractivity contribution in [1.82, 2.24) is 0 Å². The van der Waals surface area contributed by atoms with E-state index in [1.807, 2.05) is 13.8 Å². The first-order chi connectivity index (χ1) is 20.2. The Hall–Kier alpha value is -0.770. The lowest BCUT2D eigenvalue weighted by Crippen LogP contribution is -2.56. The second kappa shape index (κ2) is 9.19. The summed E-state index contributed by atoms with van der Waals surface area (Å²) < 4.78 is 32.2. The molecule has 3 heterocycles. The number of aliphatic hydroxyl groups is 2. The zero-order valence-electron chi connectivity index (χ0n) is 27.1. The summed E-state index contributed by atoms with van der Waals surface area (Å²) in [6, 6.07) is 0. The highest BCUT2D eigenvalue weighted by Crippen LogP contribution is 2.87. The van der Waals surface area contributed by atoms with Gasteiger partial charge in [0.25, 0.3) is 0 Å². The van der Waals surface area contributed by atoms with Crippen LogP contribution in [-0.4, -0.2) is 71.0 Å². The van der Waals surface area contributed by atoms with Crippen LogP contribution in [0.3, 0.4) is 0 Å².